The lowest BCUT2D eigenvalue weighted by Crippen LogP contribution is -2.65. The Morgan fingerprint density at radius 3 is 1.40 bits per heavy atom. The van der Waals surface area contributed by atoms with Gasteiger partial charge in [-0.2, -0.15) is 0 Å². The van der Waals surface area contributed by atoms with Crippen molar-refractivity contribution in [3.63, 3.8) is 0 Å². The molecule has 0 saturated carbocycles. The molecular formula is C56H103NO13. The minimum Gasteiger partial charge on any atom is -0.394 e. The average molecular weight is 998 g/mol. The second kappa shape index (κ2) is 42.6. The summed E-state index contributed by atoms with van der Waals surface area (Å²) in [6.07, 6.45) is 33.3. The summed E-state index contributed by atoms with van der Waals surface area (Å²) < 4.78 is 22.7. The zero-order valence-electron chi connectivity index (χ0n) is 43.8. The summed E-state index contributed by atoms with van der Waals surface area (Å²) in [5.74, 6) is -0.250. The first-order valence-electron chi connectivity index (χ1n) is 28.2. The second-order valence-corrected chi connectivity index (χ2v) is 20.1. The van der Waals surface area contributed by atoms with Gasteiger partial charge in [0.25, 0.3) is 0 Å². The summed E-state index contributed by atoms with van der Waals surface area (Å²) >= 11 is 0. The summed E-state index contributed by atoms with van der Waals surface area (Å²) in [6.45, 7) is 2.76. The van der Waals surface area contributed by atoms with Crippen LogP contribution in [0.4, 0.5) is 0 Å². The summed E-state index contributed by atoms with van der Waals surface area (Å²) in [4.78, 5) is 13.2. The van der Waals surface area contributed by atoms with Crippen LogP contribution in [0.2, 0.25) is 0 Å². The third kappa shape index (κ3) is 28.6. The molecule has 2 aliphatic rings. The lowest BCUT2D eigenvalue weighted by molar-refractivity contribution is -0.359. The Morgan fingerprint density at radius 1 is 0.500 bits per heavy atom. The van der Waals surface area contributed by atoms with Crippen molar-refractivity contribution in [3.05, 3.63) is 36.5 Å². The van der Waals surface area contributed by atoms with Gasteiger partial charge in [-0.25, -0.2) is 0 Å². The summed E-state index contributed by atoms with van der Waals surface area (Å²) in [6, 6.07) is -0.929. The average Bonchev–Trinajstić information content (AvgIpc) is 3.36. The number of amides is 1. The van der Waals surface area contributed by atoms with E-state index < -0.39 is 86.8 Å². The predicted molar refractivity (Wildman–Crippen MR) is 277 cm³/mol. The van der Waals surface area contributed by atoms with Gasteiger partial charge in [0.1, 0.15) is 48.8 Å². The number of aliphatic hydroxyl groups is 8. The predicted octanol–water partition coefficient (Wildman–Crippen LogP) is 8.66. The standard InChI is InChI=1S/C56H103NO13/c1-3-5-7-9-11-13-15-17-18-19-20-21-22-23-24-25-26-28-30-32-34-36-38-40-48(61)57-44(45(60)39-37-35-33-31-29-27-16-14-12-10-8-6-4-2)43-67-55-53(66)51(64)54(47(42-59)69-55)70-56-52(65)50(63)49(62)46(41-58)68-56/h19-20,29,31,37,39,44-47,49-56,58-60,62-66H,3-18,21-28,30,32-36,38,40-43H2,1-2H3,(H,57,61)/b20-19-,31-29+,39-37+. The molecule has 12 atom stereocenters. The Hall–Kier alpha value is -1.79. The Labute approximate surface area is 423 Å². The highest BCUT2D eigenvalue weighted by Crippen LogP contribution is 2.30. The number of carbonyl (C=O) groups is 1. The maximum atomic E-state index is 13.2. The molecule has 12 unspecified atom stereocenters. The molecule has 0 bridgehead atoms. The fourth-order valence-corrected chi connectivity index (χ4v) is 9.18. The largest absolute Gasteiger partial charge is 0.394 e. The third-order valence-electron chi connectivity index (χ3n) is 13.8. The summed E-state index contributed by atoms with van der Waals surface area (Å²) in [7, 11) is 0. The lowest BCUT2D eigenvalue weighted by Gasteiger charge is -2.46. The number of ether oxygens (including phenoxy) is 4. The number of rotatable bonds is 44. The number of aliphatic hydroxyl groups excluding tert-OH is 8. The molecule has 0 aliphatic carbocycles. The topological polar surface area (TPSA) is 228 Å². The Bertz CT molecular complexity index is 1320. The molecule has 70 heavy (non-hydrogen) atoms. The zero-order valence-corrected chi connectivity index (χ0v) is 43.8. The Morgan fingerprint density at radius 2 is 0.914 bits per heavy atom. The van der Waals surface area contributed by atoms with Gasteiger partial charge in [-0.1, -0.05) is 192 Å². The number of hydrogen-bond acceptors (Lipinski definition) is 13. The molecule has 410 valence electrons. The minimum absolute atomic E-state index is 0.250. The molecule has 2 heterocycles. The van der Waals surface area contributed by atoms with E-state index in [4.69, 9.17) is 18.9 Å². The Kier molecular flexibility index (Phi) is 39.1. The van der Waals surface area contributed by atoms with Gasteiger partial charge in [0.15, 0.2) is 12.6 Å². The van der Waals surface area contributed by atoms with E-state index in [1.807, 2.05) is 6.08 Å². The molecule has 14 heteroatoms. The van der Waals surface area contributed by atoms with Gasteiger partial charge in [0.2, 0.25) is 5.91 Å². The van der Waals surface area contributed by atoms with Crippen LogP contribution in [0, 0.1) is 0 Å². The Balaban J connectivity index is 1.77. The molecule has 0 aromatic carbocycles. The first kappa shape index (κ1) is 64.3. The molecule has 0 aromatic heterocycles. The van der Waals surface area contributed by atoms with Crippen LogP contribution in [0.25, 0.3) is 0 Å². The quantitative estimate of drug-likeness (QED) is 0.0206. The number of hydrogen-bond donors (Lipinski definition) is 9. The van der Waals surface area contributed by atoms with E-state index >= 15 is 0 Å². The maximum absolute atomic E-state index is 13.2. The molecule has 0 spiro atoms. The van der Waals surface area contributed by atoms with Crippen LogP contribution in [0.3, 0.4) is 0 Å². The molecule has 2 aliphatic heterocycles. The molecule has 0 radical (unpaired) electrons. The molecule has 2 fully saturated rings. The number of nitrogens with one attached hydrogen (secondary N) is 1. The molecule has 14 nitrogen and oxygen atoms in total. The van der Waals surface area contributed by atoms with Crippen molar-refractivity contribution in [3.8, 4) is 0 Å². The maximum Gasteiger partial charge on any atom is 0.220 e. The first-order chi connectivity index (χ1) is 34.1. The monoisotopic (exact) mass is 998 g/mol. The van der Waals surface area contributed by atoms with E-state index in [0.29, 0.717) is 12.8 Å². The van der Waals surface area contributed by atoms with E-state index in [2.05, 4.69) is 43.5 Å². The van der Waals surface area contributed by atoms with Crippen LogP contribution in [-0.2, 0) is 23.7 Å². The summed E-state index contributed by atoms with van der Waals surface area (Å²) in [5, 5.41) is 86.8. The number of carbonyl (C=O) groups excluding carboxylic acids is 1. The summed E-state index contributed by atoms with van der Waals surface area (Å²) in [5.41, 5.74) is 0. The van der Waals surface area contributed by atoms with Crippen molar-refractivity contribution in [1.29, 1.82) is 0 Å². The van der Waals surface area contributed by atoms with Gasteiger partial charge in [-0.05, 0) is 57.8 Å². The number of allylic oxidation sites excluding steroid dienone is 5. The highest BCUT2D eigenvalue weighted by atomic mass is 16.7. The molecule has 2 rings (SSSR count). The molecule has 0 aromatic rings. The van der Waals surface area contributed by atoms with Gasteiger partial charge in [-0.3, -0.25) is 4.79 Å². The fourth-order valence-electron chi connectivity index (χ4n) is 9.18. The highest BCUT2D eigenvalue weighted by Gasteiger charge is 2.51. The normalized spacial score (nSPS) is 26.2. The van der Waals surface area contributed by atoms with Gasteiger partial charge >= 0.3 is 0 Å². The van der Waals surface area contributed by atoms with Crippen molar-refractivity contribution in [2.75, 3.05) is 19.8 Å². The fraction of sp³-hybridized carbons (Fsp3) is 0.875. The number of unbranched alkanes of at least 4 members (excludes halogenated alkanes) is 27. The van der Waals surface area contributed by atoms with Gasteiger partial charge in [0.05, 0.1) is 32.0 Å². The van der Waals surface area contributed by atoms with Gasteiger partial charge < -0.3 is 65.1 Å². The van der Waals surface area contributed by atoms with Crippen molar-refractivity contribution in [2.45, 2.75) is 293 Å². The molecule has 1 amide bonds. The van der Waals surface area contributed by atoms with Crippen molar-refractivity contribution >= 4 is 5.91 Å². The molecular weight excluding hydrogens is 895 g/mol. The second-order valence-electron chi connectivity index (χ2n) is 20.1. The van der Waals surface area contributed by atoms with Crippen molar-refractivity contribution in [1.82, 2.24) is 5.32 Å². The van der Waals surface area contributed by atoms with Gasteiger partial charge in [-0.15, -0.1) is 0 Å². The zero-order chi connectivity index (χ0) is 51.0. The van der Waals surface area contributed by atoms with E-state index in [1.54, 1.807) is 6.08 Å². The van der Waals surface area contributed by atoms with Gasteiger partial charge in [0, 0.05) is 6.42 Å². The van der Waals surface area contributed by atoms with Crippen LogP contribution < -0.4 is 5.32 Å². The first-order valence-corrected chi connectivity index (χ1v) is 28.2. The molecule has 9 N–H and O–H groups in total. The molecule has 2 saturated heterocycles. The highest BCUT2D eigenvalue weighted by molar-refractivity contribution is 5.76. The lowest BCUT2D eigenvalue weighted by atomic mass is 9.97. The van der Waals surface area contributed by atoms with Crippen LogP contribution in [-0.4, -0.2) is 140 Å². The third-order valence-corrected chi connectivity index (χ3v) is 13.8. The minimum atomic E-state index is -1.79. The van der Waals surface area contributed by atoms with Crippen molar-refractivity contribution < 1.29 is 64.6 Å². The van der Waals surface area contributed by atoms with E-state index in [1.165, 1.54) is 154 Å². The smallest absolute Gasteiger partial charge is 0.220 e. The van der Waals surface area contributed by atoms with Crippen LogP contribution in [0.5, 0.6) is 0 Å². The van der Waals surface area contributed by atoms with Crippen LogP contribution in [0.1, 0.15) is 219 Å². The van der Waals surface area contributed by atoms with Crippen molar-refractivity contribution in [2.24, 2.45) is 0 Å². The van der Waals surface area contributed by atoms with E-state index in [9.17, 15) is 45.6 Å². The van der Waals surface area contributed by atoms with E-state index in [-0.39, 0.29) is 18.9 Å². The SMILES string of the molecule is CCCCCCCCC/C=C/CC/C=C/C(O)C(COC1OC(CO)C(OC2OC(CO)C(O)C(O)C2O)C(O)C1O)NC(=O)CCCCCCCCCCCCC/C=C\CCCCCCCCCC. The van der Waals surface area contributed by atoms with E-state index in [0.717, 1.165) is 32.1 Å². The van der Waals surface area contributed by atoms with Crippen LogP contribution >= 0.6 is 0 Å². The van der Waals surface area contributed by atoms with Crippen LogP contribution in [0.15, 0.2) is 36.5 Å².